The number of anilines is 1. The van der Waals surface area contributed by atoms with Gasteiger partial charge in [-0.1, -0.05) is 32.9 Å². The maximum atomic E-state index is 12.1. The maximum absolute atomic E-state index is 12.1. The number of ether oxygens (including phenoxy) is 2. The van der Waals surface area contributed by atoms with Gasteiger partial charge in [0.2, 0.25) is 0 Å². The lowest BCUT2D eigenvalue weighted by atomic mass is 9.87. The summed E-state index contributed by atoms with van der Waals surface area (Å²) in [5.41, 5.74) is 2.15. The van der Waals surface area contributed by atoms with Crippen LogP contribution in [0.3, 0.4) is 0 Å². The van der Waals surface area contributed by atoms with E-state index < -0.39 is 24.6 Å². The molecule has 2 N–H and O–H groups in total. The van der Waals surface area contributed by atoms with E-state index in [0.717, 1.165) is 5.56 Å². The maximum Gasteiger partial charge on any atom is 0.347 e. The molecule has 1 atom stereocenters. The molecule has 7 heteroatoms. The van der Waals surface area contributed by atoms with Crippen LogP contribution >= 0.6 is 0 Å². The fraction of sp³-hybridized carbons (Fsp3) is 0.348. The van der Waals surface area contributed by atoms with Gasteiger partial charge in [0.15, 0.2) is 12.7 Å². The molecule has 0 saturated heterocycles. The lowest BCUT2D eigenvalue weighted by Crippen LogP contribution is -2.29. The average molecular weight is 412 g/mol. The van der Waals surface area contributed by atoms with Crippen LogP contribution in [0.1, 0.15) is 43.6 Å². The van der Waals surface area contributed by atoms with Crippen molar-refractivity contribution in [3.05, 3.63) is 59.7 Å². The minimum Gasteiger partial charge on any atom is -0.479 e. The zero-order valence-corrected chi connectivity index (χ0v) is 17.9. The van der Waals surface area contributed by atoms with Crippen molar-refractivity contribution in [3.63, 3.8) is 0 Å². The molecule has 0 spiro atoms. The Labute approximate surface area is 176 Å². The topological polar surface area (TPSA) is 93.7 Å². The fourth-order valence-corrected chi connectivity index (χ4v) is 2.59. The van der Waals surface area contributed by atoms with E-state index >= 15 is 0 Å². The molecule has 2 rings (SSSR count). The highest BCUT2D eigenvalue weighted by atomic mass is 16.6. The number of carbonyl (C=O) groups is 3. The molecule has 0 aliphatic carbocycles. The van der Waals surface area contributed by atoms with Crippen LogP contribution in [-0.4, -0.2) is 37.5 Å². The van der Waals surface area contributed by atoms with Gasteiger partial charge in [-0.25, -0.2) is 4.79 Å². The van der Waals surface area contributed by atoms with Gasteiger partial charge in [-0.3, -0.25) is 9.59 Å². The van der Waals surface area contributed by atoms with Crippen LogP contribution in [-0.2, 0) is 19.7 Å². The van der Waals surface area contributed by atoms with Crippen LogP contribution in [0.4, 0.5) is 5.69 Å². The molecule has 30 heavy (non-hydrogen) atoms. The molecular weight excluding hydrogens is 384 g/mol. The van der Waals surface area contributed by atoms with E-state index in [2.05, 4.69) is 31.4 Å². The number of carbonyl (C=O) groups excluding carboxylic acids is 3. The van der Waals surface area contributed by atoms with Gasteiger partial charge in [0.1, 0.15) is 5.75 Å². The van der Waals surface area contributed by atoms with E-state index in [0.29, 0.717) is 17.0 Å². The van der Waals surface area contributed by atoms with E-state index in [9.17, 15) is 14.4 Å². The Kier molecular flexibility index (Phi) is 7.58. The fourth-order valence-electron chi connectivity index (χ4n) is 2.59. The first kappa shape index (κ1) is 22.9. The molecule has 0 aliphatic heterocycles. The molecule has 0 saturated carbocycles. The third kappa shape index (κ3) is 6.62. The summed E-state index contributed by atoms with van der Waals surface area (Å²) in [5.74, 6) is -0.797. The molecule has 160 valence electrons. The Balaban J connectivity index is 1.81. The van der Waals surface area contributed by atoms with Crippen molar-refractivity contribution < 1.29 is 23.9 Å². The number of amides is 2. The second-order valence-corrected chi connectivity index (χ2v) is 7.85. The van der Waals surface area contributed by atoms with Crippen molar-refractivity contribution in [3.8, 4) is 5.75 Å². The molecule has 2 amide bonds. The summed E-state index contributed by atoms with van der Waals surface area (Å²) in [4.78, 5) is 35.6. The summed E-state index contributed by atoms with van der Waals surface area (Å²) in [6.07, 6.45) is -0.856. The molecule has 2 aromatic carbocycles. The number of esters is 1. The normalized spacial score (nSPS) is 11.9. The molecule has 0 bridgehead atoms. The minimum absolute atomic E-state index is 0.0270. The van der Waals surface area contributed by atoms with Crippen molar-refractivity contribution in [1.29, 1.82) is 0 Å². The largest absolute Gasteiger partial charge is 0.479 e. The van der Waals surface area contributed by atoms with E-state index in [1.807, 2.05) is 12.1 Å². The molecule has 0 aromatic heterocycles. The van der Waals surface area contributed by atoms with Gasteiger partial charge < -0.3 is 20.1 Å². The zero-order chi connectivity index (χ0) is 22.3. The first-order valence-electron chi connectivity index (χ1n) is 9.66. The summed E-state index contributed by atoms with van der Waals surface area (Å²) >= 11 is 0. The van der Waals surface area contributed by atoms with Gasteiger partial charge in [0.05, 0.1) is 0 Å². The van der Waals surface area contributed by atoms with Crippen molar-refractivity contribution in [2.45, 2.75) is 39.2 Å². The van der Waals surface area contributed by atoms with Crippen LogP contribution in [0.15, 0.2) is 48.5 Å². The molecule has 2 aromatic rings. The Morgan fingerprint density at radius 2 is 1.57 bits per heavy atom. The van der Waals surface area contributed by atoms with Crippen LogP contribution < -0.4 is 15.4 Å². The van der Waals surface area contributed by atoms with Crippen molar-refractivity contribution in [1.82, 2.24) is 5.32 Å². The highest BCUT2D eigenvalue weighted by Crippen LogP contribution is 2.24. The summed E-state index contributed by atoms with van der Waals surface area (Å²) < 4.78 is 10.6. The number of benzene rings is 2. The average Bonchev–Trinajstić information content (AvgIpc) is 2.71. The van der Waals surface area contributed by atoms with Gasteiger partial charge in [-0.05, 0) is 54.3 Å². The summed E-state index contributed by atoms with van der Waals surface area (Å²) in [6.45, 7) is 7.47. The Morgan fingerprint density at radius 1 is 0.967 bits per heavy atom. The molecule has 0 fully saturated rings. The first-order valence-corrected chi connectivity index (χ1v) is 9.66. The van der Waals surface area contributed by atoms with E-state index in [4.69, 9.17) is 9.47 Å². The van der Waals surface area contributed by atoms with E-state index in [-0.39, 0.29) is 11.3 Å². The van der Waals surface area contributed by atoms with Crippen LogP contribution in [0.5, 0.6) is 5.75 Å². The first-order chi connectivity index (χ1) is 14.1. The van der Waals surface area contributed by atoms with E-state index in [1.165, 1.54) is 7.05 Å². The SMILES string of the molecule is CNC(=O)c1ccc(NC(=O)COC(=O)[C@@H](C)Oc2ccc(C(C)(C)C)cc2)cc1. The standard InChI is InChI=1S/C23H28N2O5/c1-15(30-19-12-8-17(9-13-19)23(2,3)4)22(28)29-14-20(26)25-18-10-6-16(7-11-18)21(27)24-5/h6-13,15H,14H2,1-5H3,(H,24,27)(H,25,26)/t15-/m1/s1. The van der Waals surface area contributed by atoms with Gasteiger partial charge in [0, 0.05) is 18.3 Å². The quantitative estimate of drug-likeness (QED) is 0.681. The van der Waals surface area contributed by atoms with Crippen molar-refractivity contribution in [2.75, 3.05) is 19.0 Å². The molecule has 0 unspecified atom stereocenters. The minimum atomic E-state index is -0.856. The summed E-state index contributed by atoms with van der Waals surface area (Å²) in [6, 6.07) is 13.9. The number of nitrogens with one attached hydrogen (secondary N) is 2. The zero-order valence-electron chi connectivity index (χ0n) is 17.9. The Bertz CT molecular complexity index is 883. The monoisotopic (exact) mass is 412 g/mol. The third-order valence-corrected chi connectivity index (χ3v) is 4.37. The molecule has 0 radical (unpaired) electrons. The molecular formula is C23H28N2O5. The number of hydrogen-bond acceptors (Lipinski definition) is 5. The van der Waals surface area contributed by atoms with Gasteiger partial charge in [-0.15, -0.1) is 0 Å². The van der Waals surface area contributed by atoms with Gasteiger partial charge in [-0.2, -0.15) is 0 Å². The highest BCUT2D eigenvalue weighted by molar-refractivity contribution is 5.96. The van der Waals surface area contributed by atoms with Crippen molar-refractivity contribution >= 4 is 23.5 Å². The Hall–Kier alpha value is -3.35. The lowest BCUT2D eigenvalue weighted by Gasteiger charge is -2.20. The summed E-state index contributed by atoms with van der Waals surface area (Å²) in [7, 11) is 1.54. The smallest absolute Gasteiger partial charge is 0.347 e. The van der Waals surface area contributed by atoms with E-state index in [1.54, 1.807) is 43.3 Å². The van der Waals surface area contributed by atoms with Crippen LogP contribution in [0.25, 0.3) is 0 Å². The van der Waals surface area contributed by atoms with Crippen LogP contribution in [0, 0.1) is 0 Å². The molecule has 0 heterocycles. The van der Waals surface area contributed by atoms with Gasteiger partial charge >= 0.3 is 5.97 Å². The second kappa shape index (κ2) is 9.91. The highest BCUT2D eigenvalue weighted by Gasteiger charge is 2.19. The number of hydrogen-bond donors (Lipinski definition) is 2. The number of rotatable bonds is 7. The predicted octanol–water partition coefficient (Wildman–Crippen LogP) is 3.29. The molecule has 7 nitrogen and oxygen atoms in total. The van der Waals surface area contributed by atoms with Crippen LogP contribution in [0.2, 0.25) is 0 Å². The summed E-state index contributed by atoms with van der Waals surface area (Å²) in [5, 5.41) is 5.12. The second-order valence-electron chi connectivity index (χ2n) is 7.85. The lowest BCUT2D eigenvalue weighted by molar-refractivity contribution is -0.153. The van der Waals surface area contributed by atoms with Crippen molar-refractivity contribution in [2.24, 2.45) is 0 Å². The van der Waals surface area contributed by atoms with Gasteiger partial charge in [0.25, 0.3) is 11.8 Å². The Morgan fingerprint density at radius 3 is 2.10 bits per heavy atom. The molecule has 0 aliphatic rings. The predicted molar refractivity (Wildman–Crippen MR) is 115 cm³/mol. The third-order valence-electron chi connectivity index (χ3n) is 4.37.